The van der Waals surface area contributed by atoms with Crippen LogP contribution in [0.25, 0.3) is 11.3 Å². The van der Waals surface area contributed by atoms with Crippen LogP contribution in [0.1, 0.15) is 15.9 Å². The summed E-state index contributed by atoms with van der Waals surface area (Å²) in [5.41, 5.74) is 7.87. The third-order valence-electron chi connectivity index (χ3n) is 2.81. The minimum Gasteiger partial charge on any atom is -0.394 e. The number of aryl methyl sites for hydroxylation is 1. The van der Waals surface area contributed by atoms with Gasteiger partial charge >= 0.3 is 0 Å². The molecule has 6 heteroatoms. The molecule has 1 aromatic carbocycles. The molecule has 0 saturated heterocycles. The number of aliphatic hydroxyl groups is 1. The molecule has 0 atom stereocenters. The molecule has 0 radical (unpaired) electrons. The highest BCUT2D eigenvalue weighted by atomic mass is 35.5. The number of hydrogen-bond donors (Lipinski definition) is 2. The van der Waals surface area contributed by atoms with Crippen molar-refractivity contribution in [1.29, 1.82) is 0 Å². The van der Waals surface area contributed by atoms with E-state index in [4.69, 9.17) is 22.4 Å². The smallest absolute Gasteiger partial charge is 0.252 e. The number of amides is 1. The molecular weight excluding hydrogens is 266 g/mol. The third-order valence-corrected chi connectivity index (χ3v) is 3.05. The number of rotatable bonds is 4. The number of carbonyl (C=O) groups is 1. The fraction of sp³-hybridized carbons (Fsp3) is 0.231. The van der Waals surface area contributed by atoms with Gasteiger partial charge in [0.25, 0.3) is 5.91 Å². The summed E-state index contributed by atoms with van der Waals surface area (Å²) in [6, 6.07) is 5.37. The van der Waals surface area contributed by atoms with E-state index in [2.05, 4.69) is 5.10 Å². The Bertz CT molecular complexity index is 622. The number of hydrogen-bond acceptors (Lipinski definition) is 3. The molecule has 1 amide bonds. The predicted octanol–water partition coefficient (Wildman–Crippen LogP) is 1.60. The van der Waals surface area contributed by atoms with E-state index in [0.29, 0.717) is 22.8 Å². The molecule has 0 aliphatic carbocycles. The lowest BCUT2D eigenvalue weighted by atomic mass is 10.0. The van der Waals surface area contributed by atoms with E-state index in [1.54, 1.807) is 12.1 Å². The summed E-state index contributed by atoms with van der Waals surface area (Å²) in [6.07, 6.45) is 1.54. The number of benzene rings is 1. The largest absolute Gasteiger partial charge is 0.394 e. The molecule has 2 aromatic rings. The molecule has 0 saturated carbocycles. The predicted molar refractivity (Wildman–Crippen MR) is 73.0 cm³/mol. The normalized spacial score (nSPS) is 10.7. The van der Waals surface area contributed by atoms with E-state index in [1.807, 2.05) is 13.0 Å². The topological polar surface area (TPSA) is 81.1 Å². The number of aromatic nitrogens is 2. The van der Waals surface area contributed by atoms with Crippen molar-refractivity contribution in [3.8, 4) is 11.3 Å². The molecule has 0 spiro atoms. The lowest BCUT2D eigenvalue weighted by Crippen LogP contribution is -2.11. The van der Waals surface area contributed by atoms with Gasteiger partial charge in [0.1, 0.15) is 5.69 Å². The number of carbonyl (C=O) groups excluding carboxylic acids is 1. The molecular formula is C13H14ClN3O2. The van der Waals surface area contributed by atoms with Gasteiger partial charge in [0.15, 0.2) is 0 Å². The fourth-order valence-corrected chi connectivity index (χ4v) is 2.04. The van der Waals surface area contributed by atoms with Crippen LogP contribution in [-0.4, -0.2) is 27.4 Å². The van der Waals surface area contributed by atoms with Crippen LogP contribution in [0, 0.1) is 6.92 Å². The number of nitrogens with zero attached hydrogens (tertiary/aromatic N) is 2. The molecule has 1 heterocycles. The third kappa shape index (κ3) is 2.77. The summed E-state index contributed by atoms with van der Waals surface area (Å²) < 4.78 is 1.50. The first kappa shape index (κ1) is 13.6. The van der Waals surface area contributed by atoms with Crippen LogP contribution >= 0.6 is 11.6 Å². The summed E-state index contributed by atoms with van der Waals surface area (Å²) in [5.74, 6) is -0.557. The average molecular weight is 280 g/mol. The van der Waals surface area contributed by atoms with Gasteiger partial charge in [0.05, 0.1) is 18.7 Å². The Morgan fingerprint density at radius 3 is 2.89 bits per heavy atom. The Hall–Kier alpha value is -1.85. The van der Waals surface area contributed by atoms with Crippen LogP contribution in [0.4, 0.5) is 0 Å². The van der Waals surface area contributed by atoms with Crippen molar-refractivity contribution < 1.29 is 9.90 Å². The fourth-order valence-electron chi connectivity index (χ4n) is 1.87. The van der Waals surface area contributed by atoms with Crippen molar-refractivity contribution in [3.63, 3.8) is 0 Å². The highest BCUT2D eigenvalue weighted by Gasteiger charge is 2.17. The molecule has 0 unspecified atom stereocenters. The molecule has 2 rings (SSSR count). The summed E-state index contributed by atoms with van der Waals surface area (Å²) in [4.78, 5) is 11.5. The second-order valence-electron chi connectivity index (χ2n) is 4.20. The van der Waals surface area contributed by atoms with Crippen LogP contribution in [0.2, 0.25) is 5.02 Å². The lowest BCUT2D eigenvalue weighted by molar-refractivity contribution is 0.100. The van der Waals surface area contributed by atoms with Gasteiger partial charge in [0.2, 0.25) is 0 Å². The molecule has 0 aliphatic heterocycles. The Balaban J connectivity index is 2.59. The van der Waals surface area contributed by atoms with E-state index in [1.165, 1.54) is 10.9 Å². The van der Waals surface area contributed by atoms with Gasteiger partial charge in [-0.2, -0.15) is 5.10 Å². The van der Waals surface area contributed by atoms with Crippen molar-refractivity contribution in [3.05, 3.63) is 40.5 Å². The van der Waals surface area contributed by atoms with Gasteiger partial charge in [-0.1, -0.05) is 17.7 Å². The van der Waals surface area contributed by atoms with Gasteiger partial charge in [-0.25, -0.2) is 0 Å². The van der Waals surface area contributed by atoms with Crippen molar-refractivity contribution in [2.24, 2.45) is 5.73 Å². The first-order chi connectivity index (χ1) is 9.02. The molecule has 100 valence electrons. The number of aliphatic hydroxyl groups excluding tert-OH is 1. The maximum absolute atomic E-state index is 11.5. The minimum absolute atomic E-state index is 0.0617. The summed E-state index contributed by atoms with van der Waals surface area (Å²) >= 11 is 5.98. The zero-order valence-electron chi connectivity index (χ0n) is 10.4. The summed E-state index contributed by atoms with van der Waals surface area (Å²) in [6.45, 7) is 2.15. The van der Waals surface area contributed by atoms with E-state index >= 15 is 0 Å². The zero-order valence-corrected chi connectivity index (χ0v) is 11.2. The van der Waals surface area contributed by atoms with Crippen LogP contribution in [-0.2, 0) is 6.54 Å². The SMILES string of the molecule is Cc1ccc(Cl)cc1-c1nn(CCO)cc1C(N)=O. The van der Waals surface area contributed by atoms with Crippen molar-refractivity contribution in [1.82, 2.24) is 9.78 Å². The van der Waals surface area contributed by atoms with Gasteiger partial charge in [-0.05, 0) is 24.6 Å². The Labute approximate surface area is 115 Å². The van der Waals surface area contributed by atoms with Gasteiger partial charge in [-0.15, -0.1) is 0 Å². The molecule has 19 heavy (non-hydrogen) atoms. The number of primary amides is 1. The maximum atomic E-state index is 11.5. The first-order valence-electron chi connectivity index (χ1n) is 5.77. The van der Waals surface area contributed by atoms with Crippen molar-refractivity contribution in [2.45, 2.75) is 13.5 Å². The Morgan fingerprint density at radius 2 is 2.26 bits per heavy atom. The van der Waals surface area contributed by atoms with E-state index in [0.717, 1.165) is 11.1 Å². The van der Waals surface area contributed by atoms with Crippen LogP contribution < -0.4 is 5.73 Å². The molecule has 1 aromatic heterocycles. The van der Waals surface area contributed by atoms with Crippen molar-refractivity contribution >= 4 is 17.5 Å². The summed E-state index contributed by atoms with van der Waals surface area (Å²) in [7, 11) is 0. The minimum atomic E-state index is -0.557. The van der Waals surface area contributed by atoms with E-state index in [-0.39, 0.29) is 6.61 Å². The second-order valence-corrected chi connectivity index (χ2v) is 4.64. The Morgan fingerprint density at radius 1 is 1.53 bits per heavy atom. The molecule has 0 bridgehead atoms. The van der Waals surface area contributed by atoms with E-state index in [9.17, 15) is 4.79 Å². The molecule has 0 fully saturated rings. The Kier molecular flexibility index (Phi) is 3.87. The van der Waals surface area contributed by atoms with Crippen LogP contribution in [0.3, 0.4) is 0 Å². The molecule has 3 N–H and O–H groups in total. The van der Waals surface area contributed by atoms with Crippen LogP contribution in [0.15, 0.2) is 24.4 Å². The van der Waals surface area contributed by atoms with Gasteiger partial charge in [-0.3, -0.25) is 9.48 Å². The highest BCUT2D eigenvalue weighted by molar-refractivity contribution is 6.30. The van der Waals surface area contributed by atoms with Gasteiger partial charge < -0.3 is 10.8 Å². The van der Waals surface area contributed by atoms with E-state index < -0.39 is 5.91 Å². The molecule has 0 aliphatic rings. The zero-order chi connectivity index (χ0) is 14.0. The monoisotopic (exact) mass is 279 g/mol. The van der Waals surface area contributed by atoms with Crippen molar-refractivity contribution in [2.75, 3.05) is 6.61 Å². The number of nitrogens with two attached hydrogens (primary N) is 1. The quantitative estimate of drug-likeness (QED) is 0.892. The maximum Gasteiger partial charge on any atom is 0.252 e. The molecule has 5 nitrogen and oxygen atoms in total. The first-order valence-corrected chi connectivity index (χ1v) is 6.15. The standard InChI is InChI=1S/C13H14ClN3O2/c1-8-2-3-9(14)6-10(8)12-11(13(15)19)7-17(16-12)4-5-18/h2-3,6-7,18H,4-5H2,1H3,(H2,15,19). The highest BCUT2D eigenvalue weighted by Crippen LogP contribution is 2.28. The second kappa shape index (κ2) is 5.42. The average Bonchev–Trinajstić information content (AvgIpc) is 2.77. The number of halogens is 1. The lowest BCUT2D eigenvalue weighted by Gasteiger charge is -2.05. The van der Waals surface area contributed by atoms with Crippen LogP contribution in [0.5, 0.6) is 0 Å². The summed E-state index contributed by atoms with van der Waals surface area (Å²) in [5, 5.41) is 13.8. The van der Waals surface area contributed by atoms with Gasteiger partial charge in [0, 0.05) is 16.8 Å².